The molecule has 0 fully saturated rings. The van der Waals surface area contributed by atoms with Crippen molar-refractivity contribution in [3.63, 3.8) is 0 Å². The number of primary amides is 1. The van der Waals surface area contributed by atoms with E-state index in [1.165, 1.54) is 43.3 Å². The fraction of sp³-hybridized carbons (Fsp3) is 0.551. The van der Waals surface area contributed by atoms with Gasteiger partial charge in [-0.2, -0.15) is 4.58 Å². The van der Waals surface area contributed by atoms with Gasteiger partial charge in [-0.05, 0) is 92.8 Å². The summed E-state index contributed by atoms with van der Waals surface area (Å²) < 4.78 is 26.0. The average Bonchev–Trinajstić information content (AvgIpc) is 3.29. The van der Waals surface area contributed by atoms with Crippen LogP contribution in [0.3, 0.4) is 0 Å². The smallest absolute Gasteiger partial charge is 0.410 e. The van der Waals surface area contributed by atoms with Crippen molar-refractivity contribution in [3.05, 3.63) is 59.7 Å². The number of carbonyl (C=O) groups excluding carboxylic acids is 7. The van der Waals surface area contributed by atoms with Gasteiger partial charge in [0, 0.05) is 49.2 Å². The molecule has 2 aromatic rings. The molecule has 0 aromatic heterocycles. The molecule has 0 aliphatic carbocycles. The van der Waals surface area contributed by atoms with Crippen molar-refractivity contribution in [2.24, 2.45) is 23.5 Å². The highest BCUT2D eigenvalue weighted by atomic mass is 31.2. The molecule has 0 saturated carbocycles. The number of urea groups is 1. The molecule has 8 amide bonds. The van der Waals surface area contributed by atoms with E-state index in [0.29, 0.717) is 36.5 Å². The zero-order valence-electron chi connectivity index (χ0n) is 43.0. The van der Waals surface area contributed by atoms with Crippen LogP contribution in [0.15, 0.2) is 48.5 Å². The zero-order valence-corrected chi connectivity index (χ0v) is 43.9. The minimum Gasteiger partial charge on any atom is -0.445 e. The molecule has 2 aromatic carbocycles. The normalized spacial score (nSPS) is 13.9. The maximum atomic E-state index is 13.8. The van der Waals surface area contributed by atoms with E-state index in [2.05, 4.69) is 49.5 Å². The van der Waals surface area contributed by atoms with E-state index in [1.807, 2.05) is 6.92 Å². The molecule has 71 heavy (non-hydrogen) atoms. The Kier molecular flexibility index (Phi) is 24.9. The van der Waals surface area contributed by atoms with Gasteiger partial charge >= 0.3 is 25.6 Å². The third kappa shape index (κ3) is 20.9. The molecule has 21 nitrogen and oxygen atoms in total. The number of hydroxylamine groups is 1. The molecule has 392 valence electrons. The summed E-state index contributed by atoms with van der Waals surface area (Å²) in [7, 11) is -0.901. The molecule has 9 N–H and O–H groups in total. The number of carbonyl (C=O) groups is 7. The van der Waals surface area contributed by atoms with E-state index in [-0.39, 0.29) is 49.3 Å². The summed E-state index contributed by atoms with van der Waals surface area (Å²) in [5.74, 6) is -3.73. The van der Waals surface area contributed by atoms with Crippen molar-refractivity contribution in [2.45, 2.75) is 124 Å². The van der Waals surface area contributed by atoms with Gasteiger partial charge in [-0.1, -0.05) is 60.6 Å². The molecule has 1 unspecified atom stereocenters. The quantitative estimate of drug-likeness (QED) is 0.0134. The number of benzene rings is 2. The highest BCUT2D eigenvalue weighted by molar-refractivity contribution is 7.65. The molecule has 2 rings (SSSR count). The first-order valence-corrected chi connectivity index (χ1v) is 25.2. The van der Waals surface area contributed by atoms with Crippen molar-refractivity contribution >= 4 is 67.3 Å². The molecule has 0 saturated heterocycles. The van der Waals surface area contributed by atoms with Crippen LogP contribution in [-0.2, 0) is 44.4 Å². The summed E-state index contributed by atoms with van der Waals surface area (Å²) in [5.41, 5.74) is 10.8. The maximum absolute atomic E-state index is 13.8. The largest absolute Gasteiger partial charge is 0.445 e. The number of rotatable bonds is 29. The summed E-state index contributed by atoms with van der Waals surface area (Å²) in [6.45, 7) is 20.6. The highest BCUT2D eigenvalue weighted by Crippen LogP contribution is 2.49. The Hall–Kier alpha value is -6.33. The number of hydrogen-bond acceptors (Lipinski definition) is 12. The van der Waals surface area contributed by atoms with Crippen molar-refractivity contribution in [3.8, 4) is 12.1 Å². The number of ether oxygens (including phenoxy) is 1. The van der Waals surface area contributed by atoms with Crippen LogP contribution in [0.4, 0.5) is 21.0 Å². The lowest BCUT2D eigenvalue weighted by atomic mass is 9.99. The molecule has 0 radical (unpaired) electrons. The van der Waals surface area contributed by atoms with Gasteiger partial charge < -0.3 is 47.0 Å². The topological polar surface area (TPSA) is 281 Å². The van der Waals surface area contributed by atoms with Crippen LogP contribution in [0.2, 0.25) is 0 Å². The number of nitrogens with zero attached hydrogens (tertiary/aromatic N) is 2. The minimum atomic E-state index is -3.83. The van der Waals surface area contributed by atoms with Gasteiger partial charge in [-0.25, -0.2) is 19.9 Å². The molecule has 0 spiro atoms. The summed E-state index contributed by atoms with van der Waals surface area (Å²) >= 11 is 0. The predicted octanol–water partition coefficient (Wildman–Crippen LogP) is 4.93. The Morgan fingerprint density at radius 2 is 1.45 bits per heavy atom. The van der Waals surface area contributed by atoms with E-state index >= 15 is 0 Å². The van der Waals surface area contributed by atoms with Crippen LogP contribution in [-0.4, -0.2) is 121 Å². The van der Waals surface area contributed by atoms with Gasteiger partial charge in [0.25, 0.3) is 5.91 Å². The predicted molar refractivity (Wildman–Crippen MR) is 272 cm³/mol. The van der Waals surface area contributed by atoms with Crippen molar-refractivity contribution in [1.82, 2.24) is 31.6 Å². The monoisotopic (exact) mass is 1010 g/mol. The fourth-order valence-corrected chi connectivity index (χ4v) is 8.32. The third-order valence-corrected chi connectivity index (χ3v) is 12.5. The lowest BCUT2D eigenvalue weighted by molar-refractivity contribution is -0.413. The third-order valence-electron chi connectivity index (χ3n) is 10.9. The van der Waals surface area contributed by atoms with E-state index in [9.17, 15) is 38.1 Å². The first kappa shape index (κ1) is 60.8. The van der Waals surface area contributed by atoms with E-state index in [0.717, 1.165) is 11.0 Å². The Morgan fingerprint density at radius 3 is 1.99 bits per heavy atom. The van der Waals surface area contributed by atoms with Crippen LogP contribution in [0, 0.1) is 29.8 Å². The first-order chi connectivity index (χ1) is 33.2. The Labute approximate surface area is 418 Å². The number of anilines is 2. The van der Waals surface area contributed by atoms with Crippen molar-refractivity contribution in [2.75, 3.05) is 44.2 Å². The zero-order chi connectivity index (χ0) is 53.6. The second-order valence-corrected chi connectivity index (χ2v) is 20.5. The van der Waals surface area contributed by atoms with Crippen LogP contribution in [0.5, 0.6) is 0 Å². The fourth-order valence-electron chi connectivity index (χ4n) is 6.88. The molecule has 0 bridgehead atoms. The molecule has 22 heteroatoms. The van der Waals surface area contributed by atoms with E-state index in [1.54, 1.807) is 79.7 Å². The molecule has 0 aliphatic heterocycles. The molecule has 5 atom stereocenters. The second kappa shape index (κ2) is 29.1. The SMILES string of the molecule is C#CP(=O)(Nc1ccc(C(=O)N[C@@H](C(=O)N[C@H](CCCNC(N)=O)C(=O)Nc2ccc(COC(=O)N(C)[C@@H](C(=O)N[C@@H](C(=O)[N+](=C)C)C(C)C)C(C)C)cc2)C(C)C)cc1)OC(C)(C)CCONCCC. The number of nitrogens with one attached hydrogen (secondary N) is 7. The van der Waals surface area contributed by atoms with E-state index in [4.69, 9.17) is 26.3 Å². The number of likely N-dealkylation sites (N-methyl/N-ethyl adjacent to an activating group) is 2. The number of hydrogen-bond donors (Lipinski definition) is 8. The van der Waals surface area contributed by atoms with Crippen LogP contribution < -0.4 is 42.9 Å². The van der Waals surface area contributed by atoms with Gasteiger partial charge in [0.05, 0.1) is 12.2 Å². The van der Waals surface area contributed by atoms with Crippen molar-refractivity contribution in [1.29, 1.82) is 0 Å². The lowest BCUT2D eigenvalue weighted by Gasteiger charge is -2.31. The highest BCUT2D eigenvalue weighted by Gasteiger charge is 2.37. The Bertz CT molecular complexity index is 2230. The van der Waals surface area contributed by atoms with Gasteiger partial charge in [0.1, 0.15) is 38.5 Å². The van der Waals surface area contributed by atoms with Crippen LogP contribution >= 0.6 is 7.52 Å². The average molecular weight is 1010 g/mol. The first-order valence-electron chi connectivity index (χ1n) is 23.6. The summed E-state index contributed by atoms with van der Waals surface area (Å²) in [6.07, 6.45) is 6.47. The van der Waals surface area contributed by atoms with Gasteiger partial charge in [-0.15, -0.1) is 6.42 Å². The maximum Gasteiger partial charge on any atom is 0.410 e. The van der Waals surface area contributed by atoms with Crippen molar-refractivity contribution < 1.29 is 56.8 Å². The summed E-state index contributed by atoms with van der Waals surface area (Å²) in [5, 5.41) is 16.2. The second-order valence-electron chi connectivity index (χ2n) is 18.7. The molecular weight excluding hydrogens is 936 g/mol. The van der Waals surface area contributed by atoms with Crippen LogP contribution in [0.25, 0.3) is 0 Å². The van der Waals surface area contributed by atoms with E-state index < -0.39 is 79.0 Å². The molecule has 0 aliphatic rings. The summed E-state index contributed by atoms with van der Waals surface area (Å²) in [6, 6.07) is 7.55. The van der Waals surface area contributed by atoms with Crippen LogP contribution in [0.1, 0.15) is 104 Å². The minimum absolute atomic E-state index is 0.0790. The molecular formula is C49H76N10O11P+. The lowest BCUT2D eigenvalue weighted by Crippen LogP contribution is -2.56. The Morgan fingerprint density at radius 1 is 0.845 bits per heavy atom. The molecule has 0 heterocycles. The van der Waals surface area contributed by atoms with Gasteiger partial charge in [0.2, 0.25) is 17.7 Å². The standard InChI is InChI=1S/C49H75N10O11P/c1-14-27-52-69-29-26-49(9,10)70-71(67,15-2)57-37-24-20-35(21-25-37)42(60)55-39(31(3)4)44(62)54-38(17-16-28-51-47(50)65)43(61)53-36-22-18-34(19-23-36)30-68-48(66)59(13)41(33(7)8)45(63)56-40(32(5)6)46(64)58(11)12/h2,18-25,31-33,38-41,52H,11,14,16-17,26-30H2,1,3-10,12-13H3,(H7-,50,51,53,54,55,56,57,60,61,62,63,65,67)/p+1/t38-,39-,40-,41-,71?/m1/s1. The van der Waals surface area contributed by atoms with Gasteiger partial charge in [0.15, 0.2) is 6.04 Å². The number of amides is 8. The number of nitrogens with two attached hydrogens (primary N) is 1. The Balaban J connectivity index is 2.14. The number of terminal acetylenes is 1. The van der Waals surface area contributed by atoms with Gasteiger partial charge in [-0.3, -0.25) is 33.2 Å². The summed E-state index contributed by atoms with van der Waals surface area (Å²) in [4.78, 5) is 98.2.